The van der Waals surface area contributed by atoms with Crippen LogP contribution in [0.2, 0.25) is 0 Å². The molecule has 0 aromatic heterocycles. The van der Waals surface area contributed by atoms with E-state index < -0.39 is 0 Å². The molecule has 0 saturated heterocycles. The summed E-state index contributed by atoms with van der Waals surface area (Å²) in [5.41, 5.74) is 4.05. The monoisotopic (exact) mass is 386 g/mol. The highest BCUT2D eigenvalue weighted by Gasteiger charge is 2.29. The first-order valence-corrected chi connectivity index (χ1v) is 10.3. The number of aryl methyl sites for hydroxylation is 1. The van der Waals surface area contributed by atoms with Crippen molar-refractivity contribution in [3.8, 4) is 0 Å². The van der Waals surface area contributed by atoms with Gasteiger partial charge >= 0.3 is 0 Å². The van der Waals surface area contributed by atoms with Gasteiger partial charge in [-0.25, -0.2) is 0 Å². The minimum Gasteiger partial charge on any atom is -0.349 e. The summed E-state index contributed by atoms with van der Waals surface area (Å²) in [6, 6.07) is 20.1. The highest BCUT2D eigenvalue weighted by Crippen LogP contribution is 2.37. The maximum absolute atomic E-state index is 12.8. The van der Waals surface area contributed by atoms with Gasteiger partial charge in [-0.05, 0) is 42.8 Å². The van der Waals surface area contributed by atoms with E-state index in [-0.39, 0.29) is 17.9 Å². The van der Waals surface area contributed by atoms with Gasteiger partial charge < -0.3 is 10.2 Å². The maximum Gasteiger partial charge on any atom is 0.258 e. The molecule has 0 radical (unpaired) electrons. The number of hydrogen-bond donors (Lipinski definition) is 1. The number of amides is 2. The van der Waals surface area contributed by atoms with Gasteiger partial charge in [-0.15, -0.1) is 0 Å². The van der Waals surface area contributed by atoms with E-state index in [0.717, 1.165) is 34.0 Å². The summed E-state index contributed by atoms with van der Waals surface area (Å²) in [4.78, 5) is 27.1. The smallest absolute Gasteiger partial charge is 0.258 e. The lowest BCUT2D eigenvalue weighted by Gasteiger charge is -2.19. The second kappa shape index (κ2) is 8.08. The minimum atomic E-state index is 0.0227. The van der Waals surface area contributed by atoms with Gasteiger partial charge in [0.15, 0.2) is 0 Å². The van der Waals surface area contributed by atoms with E-state index in [1.54, 1.807) is 0 Å². The second-order valence-corrected chi connectivity index (χ2v) is 7.68. The van der Waals surface area contributed by atoms with Crippen molar-refractivity contribution in [3.63, 3.8) is 0 Å². The summed E-state index contributed by atoms with van der Waals surface area (Å²) in [5, 5.41) is 5.24. The lowest BCUT2D eigenvalue weighted by Crippen LogP contribution is -2.31. The van der Waals surface area contributed by atoms with Crippen LogP contribution in [0.1, 0.15) is 53.7 Å². The molecule has 1 aliphatic heterocycles. The van der Waals surface area contributed by atoms with Gasteiger partial charge in [-0.2, -0.15) is 0 Å². The van der Waals surface area contributed by atoms with E-state index in [4.69, 9.17) is 0 Å². The van der Waals surface area contributed by atoms with Crippen LogP contribution >= 0.6 is 0 Å². The molecule has 4 nitrogen and oxygen atoms in total. The highest BCUT2D eigenvalue weighted by atomic mass is 16.2. The Morgan fingerprint density at radius 2 is 1.76 bits per heavy atom. The summed E-state index contributed by atoms with van der Waals surface area (Å²) >= 11 is 0. The van der Waals surface area contributed by atoms with Crippen LogP contribution in [0.3, 0.4) is 0 Å². The zero-order valence-corrected chi connectivity index (χ0v) is 16.9. The number of nitrogens with one attached hydrogen (secondary N) is 1. The summed E-state index contributed by atoms with van der Waals surface area (Å²) in [5.74, 6) is 0.0584. The Morgan fingerprint density at radius 1 is 1.03 bits per heavy atom. The number of anilines is 1. The molecule has 2 amide bonds. The molecule has 3 aromatic carbocycles. The Labute approximate surface area is 171 Å². The Hall–Kier alpha value is -3.14. The van der Waals surface area contributed by atoms with Crippen molar-refractivity contribution < 1.29 is 9.59 Å². The topological polar surface area (TPSA) is 49.4 Å². The maximum atomic E-state index is 12.8. The van der Waals surface area contributed by atoms with Gasteiger partial charge in [0.05, 0.1) is 11.7 Å². The normalized spacial score (nSPS) is 13.7. The average molecular weight is 386 g/mol. The predicted octanol–water partition coefficient (Wildman–Crippen LogP) is 5.16. The van der Waals surface area contributed by atoms with E-state index >= 15 is 0 Å². The summed E-state index contributed by atoms with van der Waals surface area (Å²) in [7, 11) is 0. The number of carbonyl (C=O) groups excluding carboxylic acids is 2. The van der Waals surface area contributed by atoms with Crippen molar-refractivity contribution in [1.82, 2.24) is 5.32 Å². The van der Waals surface area contributed by atoms with Crippen LogP contribution in [0.15, 0.2) is 60.7 Å². The number of carbonyl (C=O) groups is 2. The van der Waals surface area contributed by atoms with Crippen molar-refractivity contribution in [2.24, 2.45) is 0 Å². The van der Waals surface area contributed by atoms with Gasteiger partial charge in [-0.3, -0.25) is 9.59 Å². The molecule has 1 aliphatic rings. The molecule has 1 N–H and O–H groups in total. The minimum absolute atomic E-state index is 0.0227. The Morgan fingerprint density at radius 3 is 2.48 bits per heavy atom. The Balaban J connectivity index is 1.37. The molecule has 0 spiro atoms. The van der Waals surface area contributed by atoms with Crippen LogP contribution in [0.5, 0.6) is 0 Å². The first-order chi connectivity index (χ1) is 14.1. The molecule has 148 valence electrons. The van der Waals surface area contributed by atoms with Crippen molar-refractivity contribution in [3.05, 3.63) is 77.4 Å². The van der Waals surface area contributed by atoms with Gasteiger partial charge in [0, 0.05) is 23.9 Å². The second-order valence-electron chi connectivity index (χ2n) is 7.68. The lowest BCUT2D eigenvalue weighted by atomic mass is 10.0. The van der Waals surface area contributed by atoms with Crippen LogP contribution < -0.4 is 10.2 Å². The third-order valence-corrected chi connectivity index (χ3v) is 5.66. The quantitative estimate of drug-likeness (QED) is 0.610. The molecular weight excluding hydrogens is 360 g/mol. The fraction of sp³-hybridized carbons (Fsp3) is 0.280. The molecule has 1 heterocycles. The molecule has 3 aromatic rings. The largest absolute Gasteiger partial charge is 0.349 e. The van der Waals surface area contributed by atoms with Gasteiger partial charge in [0.25, 0.3) is 5.91 Å². The molecule has 29 heavy (non-hydrogen) atoms. The molecular formula is C25H26N2O2. The molecule has 0 unspecified atom stereocenters. The zero-order chi connectivity index (χ0) is 20.4. The third-order valence-electron chi connectivity index (χ3n) is 5.66. The molecule has 4 rings (SSSR count). The molecule has 0 saturated carbocycles. The summed E-state index contributed by atoms with van der Waals surface area (Å²) < 4.78 is 0. The number of benzene rings is 3. The molecule has 0 bridgehead atoms. The summed E-state index contributed by atoms with van der Waals surface area (Å²) in [6.45, 7) is 4.68. The number of hydrogen-bond acceptors (Lipinski definition) is 2. The fourth-order valence-electron chi connectivity index (χ4n) is 4.09. The zero-order valence-electron chi connectivity index (χ0n) is 16.9. The molecule has 4 heteroatoms. The number of nitrogens with zero attached hydrogens (tertiary/aromatic N) is 1. The Bertz CT molecular complexity index is 1050. The van der Waals surface area contributed by atoms with E-state index in [1.807, 2.05) is 41.3 Å². The van der Waals surface area contributed by atoms with Crippen molar-refractivity contribution >= 4 is 28.3 Å². The predicted molar refractivity (Wildman–Crippen MR) is 117 cm³/mol. The molecule has 1 atom stereocenters. The van der Waals surface area contributed by atoms with Crippen LogP contribution in [-0.2, 0) is 4.79 Å². The summed E-state index contributed by atoms with van der Waals surface area (Å²) in [6.07, 6.45) is 1.88. The van der Waals surface area contributed by atoms with Crippen molar-refractivity contribution in [2.45, 2.75) is 39.2 Å². The highest BCUT2D eigenvalue weighted by molar-refractivity contribution is 6.25. The standard InChI is InChI=1S/C25H26N2O2/c1-3-21(18-14-12-17(2)13-15-18)26-23(28)11-6-16-27-22-10-5-8-19-7-4-9-20(24(19)22)25(27)29/h4-5,7-10,12-15,21H,3,6,11,16H2,1-2H3,(H,26,28)/t21-/m1/s1. The first kappa shape index (κ1) is 19.2. The third kappa shape index (κ3) is 3.75. The van der Waals surface area contributed by atoms with Crippen LogP contribution in [-0.4, -0.2) is 18.4 Å². The lowest BCUT2D eigenvalue weighted by molar-refractivity contribution is -0.121. The molecule has 0 aliphatic carbocycles. The van der Waals surface area contributed by atoms with Crippen LogP contribution in [0.4, 0.5) is 5.69 Å². The van der Waals surface area contributed by atoms with E-state index in [9.17, 15) is 9.59 Å². The van der Waals surface area contributed by atoms with E-state index in [1.165, 1.54) is 5.56 Å². The first-order valence-electron chi connectivity index (χ1n) is 10.3. The van der Waals surface area contributed by atoms with Crippen molar-refractivity contribution in [2.75, 3.05) is 11.4 Å². The van der Waals surface area contributed by atoms with Crippen molar-refractivity contribution in [1.29, 1.82) is 0 Å². The van der Waals surface area contributed by atoms with Gasteiger partial charge in [0.1, 0.15) is 0 Å². The molecule has 0 fully saturated rings. The van der Waals surface area contributed by atoms with Gasteiger partial charge in [-0.1, -0.05) is 61.0 Å². The van der Waals surface area contributed by atoms with Crippen LogP contribution in [0, 0.1) is 6.92 Å². The Kier molecular flexibility index (Phi) is 5.34. The van der Waals surface area contributed by atoms with Crippen LogP contribution in [0.25, 0.3) is 10.8 Å². The van der Waals surface area contributed by atoms with Gasteiger partial charge in [0.2, 0.25) is 5.91 Å². The SMILES string of the molecule is CC[C@@H](NC(=O)CCCN1C(=O)c2cccc3cccc1c23)c1ccc(C)cc1. The fourth-order valence-corrected chi connectivity index (χ4v) is 4.09. The average Bonchev–Trinajstić information content (AvgIpc) is 3.01. The van der Waals surface area contributed by atoms with E-state index in [0.29, 0.717) is 19.4 Å². The number of rotatable bonds is 7. The van der Waals surface area contributed by atoms with E-state index in [2.05, 4.69) is 43.4 Å².